The van der Waals surface area contributed by atoms with Crippen molar-refractivity contribution in [3.05, 3.63) is 47.5 Å². The Morgan fingerprint density at radius 1 is 1.10 bits per heavy atom. The molecule has 0 aliphatic carbocycles. The molecule has 1 aromatic carbocycles. The molecule has 242 valence electrons. The zero-order valence-corrected chi connectivity index (χ0v) is 27.6. The molecular weight excluding hydrogens is 534 g/mol. The number of hydrogen-bond acceptors (Lipinski definition) is 6. The number of carbonyl (C=O) groups is 4. The molecule has 0 bridgehead atoms. The molecule has 0 spiro atoms. The van der Waals surface area contributed by atoms with E-state index in [0.29, 0.717) is 31.2 Å². The van der Waals surface area contributed by atoms with Crippen LogP contribution in [0.2, 0.25) is 0 Å². The molecule has 42 heavy (non-hydrogen) atoms. The molecular formula is C33H59N3O6. The van der Waals surface area contributed by atoms with Gasteiger partial charge in [0.1, 0.15) is 12.1 Å². The number of ether oxygens (including phenoxy) is 1. The van der Waals surface area contributed by atoms with Crippen LogP contribution in [-0.2, 0) is 14.3 Å². The first kappa shape index (κ1) is 45.8. The van der Waals surface area contributed by atoms with Gasteiger partial charge in [0, 0.05) is 12.0 Å². The summed E-state index contributed by atoms with van der Waals surface area (Å²) in [7, 11) is 0. The normalized spacial score (nSPS) is 15.7. The number of amides is 1. The van der Waals surface area contributed by atoms with Crippen molar-refractivity contribution in [2.75, 3.05) is 0 Å². The highest BCUT2D eigenvalue weighted by Gasteiger charge is 2.20. The van der Waals surface area contributed by atoms with Crippen LogP contribution in [-0.4, -0.2) is 53.6 Å². The van der Waals surface area contributed by atoms with Crippen molar-refractivity contribution >= 4 is 30.3 Å². The highest BCUT2D eigenvalue weighted by molar-refractivity contribution is 5.99. The number of aliphatic imine (C=N–C) groups is 1. The van der Waals surface area contributed by atoms with Gasteiger partial charge in [-0.15, -0.1) is 0 Å². The minimum absolute atomic E-state index is 0.0440. The zero-order valence-electron chi connectivity index (χ0n) is 27.6. The van der Waals surface area contributed by atoms with Crippen molar-refractivity contribution in [1.82, 2.24) is 0 Å². The Labute approximate surface area is 255 Å². The second kappa shape index (κ2) is 34.0. The maximum atomic E-state index is 10.8. The fourth-order valence-electron chi connectivity index (χ4n) is 2.95. The number of aldehydes is 2. The third-order valence-electron chi connectivity index (χ3n) is 4.79. The molecule has 1 amide bonds. The Kier molecular flexibility index (Phi) is 37.1. The number of benzene rings is 1. The fourth-order valence-corrected chi connectivity index (χ4v) is 2.95. The van der Waals surface area contributed by atoms with Gasteiger partial charge in [-0.2, -0.15) is 4.99 Å². The van der Waals surface area contributed by atoms with Crippen molar-refractivity contribution in [3.8, 4) is 0 Å². The number of nitrogens with zero attached hydrogens (tertiary/aromatic N) is 1. The smallest absolute Gasteiger partial charge is 0.336 e. The summed E-state index contributed by atoms with van der Waals surface area (Å²) in [6, 6.07) is 5.77. The summed E-state index contributed by atoms with van der Waals surface area (Å²) in [4.78, 5) is 44.5. The van der Waals surface area contributed by atoms with Gasteiger partial charge < -0.3 is 26.1 Å². The van der Waals surface area contributed by atoms with E-state index in [9.17, 15) is 19.2 Å². The van der Waals surface area contributed by atoms with Gasteiger partial charge in [-0.25, -0.2) is 4.79 Å². The monoisotopic (exact) mass is 593 g/mol. The van der Waals surface area contributed by atoms with Crippen molar-refractivity contribution in [1.29, 1.82) is 0 Å². The van der Waals surface area contributed by atoms with Crippen LogP contribution >= 0.6 is 0 Å². The van der Waals surface area contributed by atoms with Gasteiger partial charge >= 0.3 is 5.97 Å². The topological polar surface area (TPSA) is 162 Å². The van der Waals surface area contributed by atoms with Crippen molar-refractivity contribution in [3.63, 3.8) is 0 Å². The van der Waals surface area contributed by atoms with Crippen LogP contribution in [0, 0.1) is 0 Å². The molecule has 9 heteroatoms. The van der Waals surface area contributed by atoms with E-state index < -0.39 is 5.97 Å². The van der Waals surface area contributed by atoms with Crippen LogP contribution in [0.25, 0.3) is 0 Å². The Morgan fingerprint density at radius 2 is 1.64 bits per heavy atom. The minimum atomic E-state index is -1.08. The van der Waals surface area contributed by atoms with E-state index in [0.717, 1.165) is 6.42 Å². The maximum absolute atomic E-state index is 10.8. The molecule has 1 saturated heterocycles. The molecule has 2 rings (SSSR count). The number of carboxylic acid groups (broad SMARTS) is 1. The van der Waals surface area contributed by atoms with E-state index in [-0.39, 0.29) is 28.9 Å². The summed E-state index contributed by atoms with van der Waals surface area (Å²) in [5, 5.41) is 8.54. The molecule has 1 aromatic rings. The first-order valence-electron chi connectivity index (χ1n) is 15.1. The molecule has 1 fully saturated rings. The van der Waals surface area contributed by atoms with E-state index >= 15 is 0 Å². The summed E-state index contributed by atoms with van der Waals surface area (Å²) in [5.41, 5.74) is 10.5. The first-order chi connectivity index (χ1) is 20.0. The van der Waals surface area contributed by atoms with E-state index in [2.05, 4.69) is 32.7 Å². The molecule has 1 aliphatic rings. The quantitative estimate of drug-likeness (QED) is 0.154. The lowest BCUT2D eigenvalue weighted by Crippen LogP contribution is -2.15. The van der Waals surface area contributed by atoms with Gasteiger partial charge in [-0.05, 0) is 58.6 Å². The third kappa shape index (κ3) is 31.4. The average Bonchev–Trinajstić information content (AvgIpc) is 3.39. The summed E-state index contributed by atoms with van der Waals surface area (Å²) >= 11 is 0. The molecule has 3 atom stereocenters. The van der Waals surface area contributed by atoms with Gasteiger partial charge in [0.05, 0.1) is 23.8 Å². The number of carbonyl (C=O) groups excluding carboxylic acids is 3. The summed E-state index contributed by atoms with van der Waals surface area (Å²) in [5.74, 6) is -0.943. The number of rotatable bonds is 9. The van der Waals surface area contributed by atoms with Crippen LogP contribution in [0.15, 0.2) is 41.4 Å². The van der Waals surface area contributed by atoms with Crippen molar-refractivity contribution < 1.29 is 29.0 Å². The summed E-state index contributed by atoms with van der Waals surface area (Å²) < 4.78 is 5.66. The third-order valence-corrected chi connectivity index (χ3v) is 4.79. The number of nitrogens with two attached hydrogens (primary N) is 2. The average molecular weight is 594 g/mol. The van der Waals surface area contributed by atoms with Crippen LogP contribution in [0.4, 0.5) is 0 Å². The predicted molar refractivity (Wildman–Crippen MR) is 175 cm³/mol. The maximum Gasteiger partial charge on any atom is 0.336 e. The lowest BCUT2D eigenvalue weighted by Gasteiger charge is -2.08. The number of carboxylic acids is 1. The lowest BCUT2D eigenvalue weighted by molar-refractivity contribution is -0.117. The van der Waals surface area contributed by atoms with E-state index in [1.54, 1.807) is 31.2 Å². The van der Waals surface area contributed by atoms with Gasteiger partial charge in [-0.3, -0.25) is 9.59 Å². The van der Waals surface area contributed by atoms with Gasteiger partial charge in [-0.1, -0.05) is 85.1 Å². The molecule has 0 radical (unpaired) electrons. The molecule has 1 heterocycles. The standard InChI is InChI=1S/C9H18O.C8H14N2O.C8H6O3.C3H7NO.C3H8.C2H6/c1-3-4-5-9-7-6-8(2)10-9;1-3-5-7(9)10-8(11)6-4-2;9-5-6-3-1-2-4-7(6)8(10)11;1-3(4)2-5;1-3-2;1-2/h8-9H,3-7H2,1-2H3;3,5H,4,6H2,1-2H3,(H2,9,10,11);1-5H,(H,10,11);2-3H,4H2,1H3;3H2,1-2H3;1-2H3/b;5-3-;;;;/t;;;3-;;/m...0../s1. The van der Waals surface area contributed by atoms with Crippen LogP contribution in [0.5, 0.6) is 0 Å². The molecule has 0 saturated carbocycles. The number of unbranched alkanes of at least 4 members (excludes halogenated alkanes) is 1. The number of allylic oxidation sites excluding steroid dienone is 1. The highest BCUT2D eigenvalue weighted by atomic mass is 16.5. The number of aromatic carboxylic acids is 1. The molecule has 5 N–H and O–H groups in total. The summed E-state index contributed by atoms with van der Waals surface area (Å²) in [6.45, 7) is 18.0. The summed E-state index contributed by atoms with van der Waals surface area (Å²) in [6.07, 6.45) is 14.7. The Bertz CT molecular complexity index is 869. The Hall–Kier alpha value is -3.17. The van der Waals surface area contributed by atoms with Gasteiger partial charge in [0.15, 0.2) is 6.29 Å². The molecule has 2 unspecified atom stereocenters. The van der Waals surface area contributed by atoms with E-state index in [4.69, 9.17) is 21.3 Å². The van der Waals surface area contributed by atoms with E-state index in [1.807, 2.05) is 27.7 Å². The predicted octanol–water partition coefficient (Wildman–Crippen LogP) is 7.16. The SMILES string of the molecule is C/C=C\C(N)=NC(=O)CCC.CC.CCC.CCCCC1CCC(C)O1.C[C@H](N)C=O.O=Cc1ccccc1C(=O)O. The highest BCUT2D eigenvalue weighted by Crippen LogP contribution is 2.22. The van der Waals surface area contributed by atoms with Crippen molar-refractivity contribution in [2.45, 2.75) is 132 Å². The Balaban J connectivity index is -0.000000223. The lowest BCUT2D eigenvalue weighted by atomic mass is 10.1. The van der Waals surface area contributed by atoms with Gasteiger partial charge in [0.2, 0.25) is 5.91 Å². The van der Waals surface area contributed by atoms with Crippen LogP contribution < -0.4 is 11.5 Å². The molecule has 1 aliphatic heterocycles. The molecule has 9 nitrogen and oxygen atoms in total. The zero-order chi connectivity index (χ0) is 33.3. The number of amidine groups is 1. The second-order valence-corrected chi connectivity index (χ2v) is 9.18. The van der Waals surface area contributed by atoms with Crippen molar-refractivity contribution in [2.24, 2.45) is 16.5 Å². The van der Waals surface area contributed by atoms with E-state index in [1.165, 1.54) is 50.7 Å². The second-order valence-electron chi connectivity index (χ2n) is 9.18. The van der Waals surface area contributed by atoms with Gasteiger partial charge in [0.25, 0.3) is 0 Å². The van der Waals surface area contributed by atoms with Crippen LogP contribution in [0.1, 0.15) is 134 Å². The minimum Gasteiger partial charge on any atom is -0.478 e. The molecule has 0 aromatic heterocycles. The Morgan fingerprint density at radius 3 is 2.00 bits per heavy atom. The number of hydrogen-bond donors (Lipinski definition) is 3. The van der Waals surface area contributed by atoms with Crippen LogP contribution in [0.3, 0.4) is 0 Å². The first-order valence-corrected chi connectivity index (χ1v) is 15.1. The largest absolute Gasteiger partial charge is 0.478 e. The fraction of sp³-hybridized carbons (Fsp3) is 0.606.